The summed E-state index contributed by atoms with van der Waals surface area (Å²) in [5, 5.41) is 10.5. The van der Waals surface area contributed by atoms with Crippen molar-refractivity contribution in [3.05, 3.63) is 39.9 Å². The lowest BCUT2D eigenvalue weighted by atomic mass is 10.1. The van der Waals surface area contributed by atoms with Crippen molar-refractivity contribution >= 4 is 11.5 Å². The summed E-state index contributed by atoms with van der Waals surface area (Å²) in [7, 11) is 3.42. The van der Waals surface area contributed by atoms with E-state index in [-0.39, 0.29) is 18.0 Å². The van der Waals surface area contributed by atoms with Crippen molar-refractivity contribution in [3.63, 3.8) is 0 Å². The van der Waals surface area contributed by atoms with Crippen LogP contribution in [0.2, 0.25) is 0 Å². The third kappa shape index (κ3) is 4.23. The van der Waals surface area contributed by atoms with Crippen molar-refractivity contribution < 1.29 is 14.5 Å². The Bertz CT molecular complexity index is 417. The van der Waals surface area contributed by atoms with Gasteiger partial charge in [0.15, 0.2) is 5.78 Å². The number of hydrogen-bond donors (Lipinski definition) is 0. The minimum absolute atomic E-state index is 0.0145. The summed E-state index contributed by atoms with van der Waals surface area (Å²) >= 11 is 0. The molecule has 0 aliphatic heterocycles. The fourth-order valence-corrected chi connectivity index (χ4v) is 1.43. The molecule has 1 aromatic carbocycles. The summed E-state index contributed by atoms with van der Waals surface area (Å²) in [6.07, 6.45) is 0. The van der Waals surface area contributed by atoms with Crippen LogP contribution < -0.4 is 0 Å². The predicted molar refractivity (Wildman–Crippen MR) is 66.8 cm³/mol. The first-order chi connectivity index (χ1) is 8.54. The maximum Gasteiger partial charge on any atom is 0.269 e. The Kier molecular flexibility index (Phi) is 5.41. The van der Waals surface area contributed by atoms with Gasteiger partial charge in [0.2, 0.25) is 0 Å². The van der Waals surface area contributed by atoms with E-state index in [1.54, 1.807) is 7.11 Å². The van der Waals surface area contributed by atoms with E-state index in [0.717, 1.165) is 0 Å². The number of carbonyl (C=O) groups is 1. The van der Waals surface area contributed by atoms with Crippen LogP contribution in [0.3, 0.4) is 0 Å². The van der Waals surface area contributed by atoms with Crippen molar-refractivity contribution in [1.82, 2.24) is 4.90 Å². The normalized spacial score (nSPS) is 10.6. The molecule has 0 atom stereocenters. The smallest absolute Gasteiger partial charge is 0.269 e. The Hall–Kier alpha value is -1.79. The minimum Gasteiger partial charge on any atom is -0.383 e. The molecule has 18 heavy (non-hydrogen) atoms. The van der Waals surface area contributed by atoms with E-state index in [4.69, 9.17) is 4.74 Å². The third-order valence-corrected chi connectivity index (χ3v) is 2.49. The molecule has 0 bridgehead atoms. The second kappa shape index (κ2) is 6.83. The van der Waals surface area contributed by atoms with Crippen molar-refractivity contribution in [1.29, 1.82) is 0 Å². The molecule has 1 aromatic rings. The molecule has 0 aliphatic carbocycles. The Morgan fingerprint density at radius 1 is 1.39 bits per heavy atom. The number of benzene rings is 1. The highest BCUT2D eigenvalue weighted by Crippen LogP contribution is 2.12. The first-order valence-electron chi connectivity index (χ1n) is 5.49. The zero-order chi connectivity index (χ0) is 13.5. The SMILES string of the molecule is COCCN(C)CC(=O)c1ccc([N+](=O)[O-])cc1. The van der Waals surface area contributed by atoms with E-state index in [9.17, 15) is 14.9 Å². The molecule has 0 heterocycles. The molecular formula is C12H16N2O4. The van der Waals surface area contributed by atoms with Gasteiger partial charge in [-0.05, 0) is 19.2 Å². The Morgan fingerprint density at radius 3 is 2.50 bits per heavy atom. The summed E-state index contributed by atoms with van der Waals surface area (Å²) in [5.41, 5.74) is 0.462. The zero-order valence-electron chi connectivity index (χ0n) is 10.5. The largest absolute Gasteiger partial charge is 0.383 e. The van der Waals surface area contributed by atoms with Crippen molar-refractivity contribution in [2.75, 3.05) is 33.9 Å². The molecule has 0 aliphatic rings. The van der Waals surface area contributed by atoms with Gasteiger partial charge in [-0.1, -0.05) is 0 Å². The third-order valence-electron chi connectivity index (χ3n) is 2.49. The average Bonchev–Trinajstić information content (AvgIpc) is 2.36. The number of nitro benzene ring substituents is 1. The van der Waals surface area contributed by atoms with E-state index in [0.29, 0.717) is 18.7 Å². The second-order valence-electron chi connectivity index (χ2n) is 3.96. The standard InChI is InChI=1S/C12H16N2O4/c1-13(7-8-18-2)9-12(15)10-3-5-11(6-4-10)14(16)17/h3-6H,7-9H2,1-2H3. The van der Waals surface area contributed by atoms with E-state index in [1.807, 2.05) is 11.9 Å². The highest BCUT2D eigenvalue weighted by atomic mass is 16.6. The first-order valence-corrected chi connectivity index (χ1v) is 5.49. The van der Waals surface area contributed by atoms with Gasteiger partial charge >= 0.3 is 0 Å². The van der Waals surface area contributed by atoms with Crippen LogP contribution in [-0.2, 0) is 4.74 Å². The lowest BCUT2D eigenvalue weighted by Crippen LogP contribution is -2.29. The molecule has 0 spiro atoms. The molecule has 0 N–H and O–H groups in total. The molecule has 0 aromatic heterocycles. The number of carbonyl (C=O) groups excluding carboxylic acids is 1. The lowest BCUT2D eigenvalue weighted by molar-refractivity contribution is -0.384. The molecule has 6 heteroatoms. The topological polar surface area (TPSA) is 72.7 Å². The van der Waals surface area contributed by atoms with Crippen molar-refractivity contribution in [3.8, 4) is 0 Å². The minimum atomic E-state index is -0.487. The number of non-ortho nitro benzene ring substituents is 1. The monoisotopic (exact) mass is 252 g/mol. The van der Waals surface area contributed by atoms with Crippen LogP contribution >= 0.6 is 0 Å². The Balaban J connectivity index is 2.58. The maximum absolute atomic E-state index is 11.8. The summed E-state index contributed by atoms with van der Waals surface area (Å²) in [5.74, 6) is -0.0662. The number of Topliss-reactive ketones (excluding diaryl/α,β-unsaturated/α-hetero) is 1. The number of ketones is 1. The van der Waals surface area contributed by atoms with Gasteiger partial charge in [-0.15, -0.1) is 0 Å². The van der Waals surface area contributed by atoms with Gasteiger partial charge < -0.3 is 4.74 Å². The van der Waals surface area contributed by atoms with E-state index >= 15 is 0 Å². The van der Waals surface area contributed by atoms with Gasteiger partial charge in [0.1, 0.15) is 0 Å². The van der Waals surface area contributed by atoms with Crippen LogP contribution in [0.25, 0.3) is 0 Å². The van der Waals surface area contributed by atoms with Crippen LogP contribution in [0.1, 0.15) is 10.4 Å². The lowest BCUT2D eigenvalue weighted by Gasteiger charge is -2.14. The molecule has 0 saturated heterocycles. The molecular weight excluding hydrogens is 236 g/mol. The number of methoxy groups -OCH3 is 1. The van der Waals surface area contributed by atoms with Gasteiger partial charge in [0, 0.05) is 31.4 Å². The van der Waals surface area contributed by atoms with E-state index in [2.05, 4.69) is 0 Å². The molecule has 0 fully saturated rings. The molecule has 0 amide bonds. The summed E-state index contributed by atoms with van der Waals surface area (Å²) < 4.78 is 4.91. The Morgan fingerprint density at radius 2 is 2.00 bits per heavy atom. The van der Waals surface area contributed by atoms with Gasteiger partial charge in [0.05, 0.1) is 18.1 Å². The Labute approximate surface area is 105 Å². The van der Waals surface area contributed by atoms with Crippen LogP contribution in [0.5, 0.6) is 0 Å². The molecule has 0 unspecified atom stereocenters. The van der Waals surface area contributed by atoms with E-state index < -0.39 is 4.92 Å². The van der Waals surface area contributed by atoms with Gasteiger partial charge in [-0.2, -0.15) is 0 Å². The number of ether oxygens (including phenoxy) is 1. The van der Waals surface area contributed by atoms with Crippen LogP contribution in [0, 0.1) is 10.1 Å². The first kappa shape index (κ1) is 14.3. The highest BCUT2D eigenvalue weighted by molar-refractivity contribution is 5.97. The number of hydrogen-bond acceptors (Lipinski definition) is 5. The predicted octanol–water partition coefficient (Wildman–Crippen LogP) is 1.36. The zero-order valence-corrected chi connectivity index (χ0v) is 10.5. The summed E-state index contributed by atoms with van der Waals surface area (Å²) in [4.78, 5) is 23.7. The second-order valence-corrected chi connectivity index (χ2v) is 3.96. The van der Waals surface area contributed by atoms with Crippen LogP contribution in [-0.4, -0.2) is 49.5 Å². The molecule has 98 valence electrons. The highest BCUT2D eigenvalue weighted by Gasteiger charge is 2.11. The fourth-order valence-electron chi connectivity index (χ4n) is 1.43. The van der Waals surface area contributed by atoms with Gasteiger partial charge in [-0.25, -0.2) is 0 Å². The number of nitro groups is 1. The summed E-state index contributed by atoms with van der Waals surface area (Å²) in [6.45, 7) is 1.49. The number of nitrogens with zero attached hydrogens (tertiary/aromatic N) is 2. The van der Waals surface area contributed by atoms with Crippen LogP contribution in [0.15, 0.2) is 24.3 Å². The van der Waals surface area contributed by atoms with E-state index in [1.165, 1.54) is 24.3 Å². The molecule has 1 rings (SSSR count). The quantitative estimate of drug-likeness (QED) is 0.416. The van der Waals surface area contributed by atoms with Crippen LogP contribution in [0.4, 0.5) is 5.69 Å². The fraction of sp³-hybridized carbons (Fsp3) is 0.417. The summed E-state index contributed by atoms with van der Waals surface area (Å²) in [6, 6.07) is 5.63. The molecule has 0 saturated carbocycles. The molecule has 0 radical (unpaired) electrons. The van der Waals surface area contributed by atoms with Gasteiger partial charge in [0.25, 0.3) is 5.69 Å². The van der Waals surface area contributed by atoms with Crippen molar-refractivity contribution in [2.24, 2.45) is 0 Å². The average molecular weight is 252 g/mol. The number of likely N-dealkylation sites (N-methyl/N-ethyl adjacent to an activating group) is 1. The van der Waals surface area contributed by atoms with Crippen molar-refractivity contribution in [2.45, 2.75) is 0 Å². The maximum atomic E-state index is 11.8. The number of rotatable bonds is 7. The molecule has 6 nitrogen and oxygen atoms in total. The van der Waals surface area contributed by atoms with Gasteiger partial charge in [-0.3, -0.25) is 19.8 Å².